The van der Waals surface area contributed by atoms with Gasteiger partial charge in [0.1, 0.15) is 4.88 Å². The number of amides is 1. The van der Waals surface area contributed by atoms with Gasteiger partial charge in [-0.1, -0.05) is 56.8 Å². The maximum absolute atomic E-state index is 12.4. The van der Waals surface area contributed by atoms with Crippen LogP contribution in [0, 0.1) is 0 Å². The Balaban J connectivity index is 2.01. The Morgan fingerprint density at radius 2 is 1.91 bits per heavy atom. The summed E-state index contributed by atoms with van der Waals surface area (Å²) in [5.74, 6) is -0.281. The van der Waals surface area contributed by atoms with Crippen molar-refractivity contribution in [2.24, 2.45) is 0 Å². The third-order valence-corrected chi connectivity index (χ3v) is 5.57. The van der Waals surface area contributed by atoms with Crippen LogP contribution >= 0.6 is 62.1 Å². The van der Waals surface area contributed by atoms with Gasteiger partial charge < -0.3 is 5.32 Å². The number of halogens is 4. The van der Waals surface area contributed by atoms with E-state index in [2.05, 4.69) is 21.2 Å². The molecule has 0 radical (unpaired) electrons. The number of hydrogen-bond acceptors (Lipinski definition) is 2. The van der Waals surface area contributed by atoms with E-state index in [0.29, 0.717) is 31.0 Å². The van der Waals surface area contributed by atoms with Gasteiger partial charge in [-0.15, -0.1) is 11.3 Å². The van der Waals surface area contributed by atoms with Crippen molar-refractivity contribution in [2.45, 2.75) is 0 Å². The molecule has 22 heavy (non-hydrogen) atoms. The molecule has 7 heteroatoms. The van der Waals surface area contributed by atoms with Crippen LogP contribution in [0.25, 0.3) is 10.1 Å². The number of nitrogens with one attached hydrogen (secondary N) is 1. The Labute approximate surface area is 154 Å². The summed E-state index contributed by atoms with van der Waals surface area (Å²) in [7, 11) is 0. The number of carbonyl (C=O) groups excluding carboxylic acids is 1. The fraction of sp³-hybridized carbons (Fsp3) is 0. The molecule has 0 bridgehead atoms. The second-order valence-corrected chi connectivity index (χ2v) is 7.66. The lowest BCUT2D eigenvalue weighted by Crippen LogP contribution is -2.10. The molecule has 0 aliphatic carbocycles. The number of thiophene rings is 1. The smallest absolute Gasteiger partial charge is 0.267 e. The fourth-order valence-electron chi connectivity index (χ4n) is 2.01. The number of carbonyl (C=O) groups is 1. The number of anilines is 1. The van der Waals surface area contributed by atoms with Crippen molar-refractivity contribution in [3.63, 3.8) is 0 Å². The van der Waals surface area contributed by atoms with E-state index >= 15 is 0 Å². The van der Waals surface area contributed by atoms with Gasteiger partial charge in [-0.25, -0.2) is 0 Å². The van der Waals surface area contributed by atoms with Crippen molar-refractivity contribution < 1.29 is 4.79 Å². The van der Waals surface area contributed by atoms with Crippen LogP contribution < -0.4 is 5.32 Å². The Morgan fingerprint density at radius 1 is 1.14 bits per heavy atom. The summed E-state index contributed by atoms with van der Waals surface area (Å²) < 4.78 is 1.66. The van der Waals surface area contributed by atoms with Gasteiger partial charge in [-0.05, 0) is 30.3 Å². The zero-order chi connectivity index (χ0) is 15.9. The zero-order valence-electron chi connectivity index (χ0n) is 10.8. The third kappa shape index (κ3) is 3.12. The van der Waals surface area contributed by atoms with Crippen molar-refractivity contribution in [1.82, 2.24) is 0 Å². The van der Waals surface area contributed by atoms with E-state index in [1.165, 1.54) is 11.3 Å². The van der Waals surface area contributed by atoms with Gasteiger partial charge in [0.2, 0.25) is 0 Å². The number of benzene rings is 2. The summed E-state index contributed by atoms with van der Waals surface area (Å²) in [6.07, 6.45) is 0. The summed E-state index contributed by atoms with van der Waals surface area (Å²) >= 11 is 23.1. The SMILES string of the molecule is O=C(Nc1cccc(Br)c1)c1sc2cc(Cl)cc(Cl)c2c1Cl. The fourth-order valence-corrected chi connectivity index (χ4v) is 4.68. The molecule has 0 saturated carbocycles. The molecular weight excluding hydrogens is 429 g/mol. The zero-order valence-corrected chi connectivity index (χ0v) is 15.5. The van der Waals surface area contributed by atoms with Crippen molar-refractivity contribution in [3.8, 4) is 0 Å². The predicted octanol–water partition coefficient (Wildman–Crippen LogP) is 6.88. The van der Waals surface area contributed by atoms with Gasteiger partial charge in [0.25, 0.3) is 5.91 Å². The van der Waals surface area contributed by atoms with Gasteiger partial charge in [0, 0.05) is 25.3 Å². The average molecular weight is 436 g/mol. The van der Waals surface area contributed by atoms with E-state index in [4.69, 9.17) is 34.8 Å². The lowest BCUT2D eigenvalue weighted by atomic mass is 10.2. The van der Waals surface area contributed by atoms with Gasteiger partial charge in [0.15, 0.2) is 0 Å². The predicted molar refractivity (Wildman–Crippen MR) is 99.0 cm³/mol. The van der Waals surface area contributed by atoms with Crippen LogP contribution in [-0.4, -0.2) is 5.91 Å². The van der Waals surface area contributed by atoms with E-state index < -0.39 is 0 Å². The third-order valence-electron chi connectivity index (χ3n) is 2.94. The van der Waals surface area contributed by atoms with E-state index in [1.54, 1.807) is 18.2 Å². The minimum Gasteiger partial charge on any atom is -0.321 e. The lowest BCUT2D eigenvalue weighted by Gasteiger charge is -2.04. The Morgan fingerprint density at radius 3 is 2.64 bits per heavy atom. The molecular formula is C15H7BrCl3NOS. The van der Waals surface area contributed by atoms with Gasteiger partial charge in [0.05, 0.1) is 10.0 Å². The maximum Gasteiger partial charge on any atom is 0.267 e. The highest BCUT2D eigenvalue weighted by Gasteiger charge is 2.19. The Bertz CT molecular complexity index is 894. The summed E-state index contributed by atoms with van der Waals surface area (Å²) in [6.45, 7) is 0. The maximum atomic E-state index is 12.4. The van der Waals surface area contributed by atoms with Crippen LogP contribution in [0.3, 0.4) is 0 Å². The topological polar surface area (TPSA) is 29.1 Å². The molecule has 2 aromatic carbocycles. The first-order valence-corrected chi connectivity index (χ1v) is 8.84. The van der Waals surface area contributed by atoms with E-state index in [-0.39, 0.29) is 5.91 Å². The van der Waals surface area contributed by atoms with Gasteiger partial charge in [-0.3, -0.25) is 4.79 Å². The minimum absolute atomic E-state index is 0.281. The van der Waals surface area contributed by atoms with Gasteiger partial charge in [-0.2, -0.15) is 0 Å². The molecule has 3 aromatic rings. The van der Waals surface area contributed by atoms with Crippen LogP contribution in [0.1, 0.15) is 9.67 Å². The number of rotatable bonds is 2. The molecule has 1 N–H and O–H groups in total. The molecule has 1 aromatic heterocycles. The highest BCUT2D eigenvalue weighted by atomic mass is 79.9. The summed E-state index contributed by atoms with van der Waals surface area (Å²) in [5, 5.41) is 4.75. The summed E-state index contributed by atoms with van der Waals surface area (Å²) in [5.41, 5.74) is 0.678. The molecule has 0 spiro atoms. The van der Waals surface area contributed by atoms with Crippen LogP contribution in [0.4, 0.5) is 5.69 Å². The molecule has 0 saturated heterocycles. The van der Waals surface area contributed by atoms with Crippen LogP contribution in [0.2, 0.25) is 15.1 Å². The first kappa shape index (κ1) is 16.1. The molecule has 112 valence electrons. The van der Waals surface area contributed by atoms with E-state index in [9.17, 15) is 4.79 Å². The normalized spacial score (nSPS) is 10.9. The summed E-state index contributed by atoms with van der Waals surface area (Å²) in [4.78, 5) is 12.8. The van der Waals surface area contributed by atoms with Crippen molar-refractivity contribution >= 4 is 83.8 Å². The molecule has 0 aliphatic rings. The second kappa shape index (κ2) is 6.38. The monoisotopic (exact) mass is 433 g/mol. The molecule has 3 rings (SSSR count). The molecule has 0 aliphatic heterocycles. The summed E-state index contributed by atoms with van der Waals surface area (Å²) in [6, 6.07) is 10.7. The van der Waals surface area contributed by atoms with Gasteiger partial charge >= 0.3 is 0 Å². The first-order valence-electron chi connectivity index (χ1n) is 6.09. The highest BCUT2D eigenvalue weighted by molar-refractivity contribution is 9.10. The minimum atomic E-state index is -0.281. The Kier molecular flexibility index (Phi) is 4.67. The lowest BCUT2D eigenvalue weighted by molar-refractivity contribution is 0.103. The standard InChI is InChI=1S/C15H7BrCl3NOS/c16-7-2-1-3-9(4-7)20-15(21)14-13(19)12-10(18)5-8(17)6-11(12)22-14/h1-6H,(H,20,21). The van der Waals surface area contributed by atoms with E-state index in [0.717, 1.165) is 9.17 Å². The quantitative estimate of drug-likeness (QED) is 0.467. The van der Waals surface area contributed by atoms with Crippen LogP contribution in [-0.2, 0) is 0 Å². The van der Waals surface area contributed by atoms with Crippen LogP contribution in [0.15, 0.2) is 40.9 Å². The molecule has 2 nitrogen and oxygen atoms in total. The largest absolute Gasteiger partial charge is 0.321 e. The van der Waals surface area contributed by atoms with Crippen molar-refractivity contribution in [3.05, 3.63) is 60.8 Å². The highest BCUT2D eigenvalue weighted by Crippen LogP contribution is 2.41. The Hall–Kier alpha value is -0.780. The van der Waals surface area contributed by atoms with E-state index in [1.807, 2.05) is 18.2 Å². The number of fused-ring (bicyclic) bond motifs is 1. The average Bonchev–Trinajstić information content (AvgIpc) is 2.76. The van der Waals surface area contributed by atoms with Crippen molar-refractivity contribution in [2.75, 3.05) is 5.32 Å². The number of hydrogen-bond donors (Lipinski definition) is 1. The second-order valence-electron chi connectivity index (χ2n) is 4.47. The molecule has 0 unspecified atom stereocenters. The first-order chi connectivity index (χ1) is 10.5. The molecule has 0 fully saturated rings. The molecule has 0 atom stereocenters. The van der Waals surface area contributed by atoms with Crippen LogP contribution in [0.5, 0.6) is 0 Å². The van der Waals surface area contributed by atoms with Crippen molar-refractivity contribution in [1.29, 1.82) is 0 Å². The molecule has 1 amide bonds. The molecule has 1 heterocycles.